The molecular formula is C13H18N4O2S. The molecule has 1 fully saturated rings. The van der Waals surface area contributed by atoms with E-state index in [0.717, 1.165) is 19.3 Å². The zero-order valence-electron chi connectivity index (χ0n) is 11.4. The molecule has 2 atom stereocenters. The van der Waals surface area contributed by atoms with Gasteiger partial charge in [0.25, 0.3) is 0 Å². The summed E-state index contributed by atoms with van der Waals surface area (Å²) in [5, 5.41) is 9.05. The Bertz CT molecular complexity index is 624. The van der Waals surface area contributed by atoms with Crippen molar-refractivity contribution in [2.24, 2.45) is 5.73 Å². The second-order valence-corrected chi connectivity index (χ2v) is 6.78. The van der Waals surface area contributed by atoms with Crippen molar-refractivity contribution in [1.29, 1.82) is 5.26 Å². The molecule has 0 spiro atoms. The molecule has 0 amide bonds. The largest absolute Gasteiger partial charge is 0.329 e. The lowest BCUT2D eigenvalue weighted by atomic mass is 10.00. The third kappa shape index (κ3) is 2.54. The SMILES string of the molecule is CC1CCCC(CN)N1S(=O)(=O)c1cccnc1C#N. The normalized spacial score (nSPS) is 24.2. The average Bonchev–Trinajstić information content (AvgIpc) is 2.46. The highest BCUT2D eigenvalue weighted by atomic mass is 32.2. The van der Waals surface area contributed by atoms with Gasteiger partial charge in [0.1, 0.15) is 11.0 Å². The van der Waals surface area contributed by atoms with Crippen molar-refractivity contribution in [1.82, 2.24) is 9.29 Å². The van der Waals surface area contributed by atoms with Gasteiger partial charge in [-0.1, -0.05) is 6.42 Å². The van der Waals surface area contributed by atoms with E-state index in [0.29, 0.717) is 0 Å². The summed E-state index contributed by atoms with van der Waals surface area (Å²) in [4.78, 5) is 3.80. The van der Waals surface area contributed by atoms with Crippen LogP contribution in [0.25, 0.3) is 0 Å². The average molecular weight is 294 g/mol. The number of nitrogens with zero attached hydrogens (tertiary/aromatic N) is 3. The van der Waals surface area contributed by atoms with Crippen molar-refractivity contribution in [3.63, 3.8) is 0 Å². The number of piperidine rings is 1. The summed E-state index contributed by atoms with van der Waals surface area (Å²) >= 11 is 0. The Morgan fingerprint density at radius 1 is 1.55 bits per heavy atom. The molecule has 2 N–H and O–H groups in total. The van der Waals surface area contributed by atoms with Crippen LogP contribution in [-0.4, -0.2) is 36.3 Å². The highest BCUT2D eigenvalue weighted by Gasteiger charge is 2.38. The van der Waals surface area contributed by atoms with Crippen molar-refractivity contribution in [2.75, 3.05) is 6.54 Å². The number of hydrogen-bond donors (Lipinski definition) is 1. The Balaban J connectivity index is 2.50. The first-order valence-electron chi connectivity index (χ1n) is 6.61. The van der Waals surface area contributed by atoms with Crippen LogP contribution in [0.4, 0.5) is 0 Å². The third-order valence-electron chi connectivity index (χ3n) is 3.66. The van der Waals surface area contributed by atoms with E-state index >= 15 is 0 Å². The molecule has 2 heterocycles. The summed E-state index contributed by atoms with van der Waals surface area (Å²) in [6.45, 7) is 2.16. The van der Waals surface area contributed by atoms with Gasteiger partial charge in [-0.25, -0.2) is 13.4 Å². The van der Waals surface area contributed by atoms with Gasteiger partial charge in [-0.2, -0.15) is 9.57 Å². The molecule has 2 unspecified atom stereocenters. The fourth-order valence-electron chi connectivity index (χ4n) is 2.71. The number of rotatable bonds is 3. The molecule has 0 bridgehead atoms. The van der Waals surface area contributed by atoms with Crippen LogP contribution in [0.1, 0.15) is 31.9 Å². The minimum absolute atomic E-state index is 0.0327. The zero-order valence-corrected chi connectivity index (χ0v) is 12.2. The maximum atomic E-state index is 12.8. The van der Waals surface area contributed by atoms with Gasteiger partial charge in [0, 0.05) is 24.8 Å². The van der Waals surface area contributed by atoms with Crippen LogP contribution in [0, 0.1) is 11.3 Å². The summed E-state index contributed by atoms with van der Waals surface area (Å²) in [6.07, 6.45) is 3.94. The predicted octanol–water partition coefficient (Wildman–Crippen LogP) is 0.844. The molecule has 2 rings (SSSR count). The van der Waals surface area contributed by atoms with E-state index in [2.05, 4.69) is 4.98 Å². The van der Waals surface area contributed by atoms with Gasteiger partial charge in [-0.05, 0) is 31.9 Å². The molecule has 20 heavy (non-hydrogen) atoms. The fourth-order valence-corrected chi connectivity index (χ4v) is 4.70. The molecule has 7 heteroatoms. The lowest BCUT2D eigenvalue weighted by Gasteiger charge is -2.38. The van der Waals surface area contributed by atoms with E-state index in [4.69, 9.17) is 11.0 Å². The second kappa shape index (κ2) is 5.87. The Hall–Kier alpha value is -1.49. The number of hydrogen-bond acceptors (Lipinski definition) is 5. The van der Waals surface area contributed by atoms with Gasteiger partial charge in [0.15, 0.2) is 5.69 Å². The topological polar surface area (TPSA) is 100 Å². The smallest absolute Gasteiger partial charge is 0.246 e. The van der Waals surface area contributed by atoms with E-state index < -0.39 is 10.0 Å². The molecule has 1 aliphatic rings. The van der Waals surface area contributed by atoms with Crippen LogP contribution in [0.5, 0.6) is 0 Å². The molecule has 6 nitrogen and oxygen atoms in total. The van der Waals surface area contributed by atoms with Crippen LogP contribution >= 0.6 is 0 Å². The Labute approximate surface area is 119 Å². The minimum atomic E-state index is -3.75. The first kappa shape index (κ1) is 14.9. The fraction of sp³-hybridized carbons (Fsp3) is 0.538. The molecule has 0 saturated carbocycles. The molecule has 0 aromatic carbocycles. The first-order valence-corrected chi connectivity index (χ1v) is 8.05. The molecule has 1 aromatic heterocycles. The van der Waals surface area contributed by atoms with Crippen LogP contribution in [0.2, 0.25) is 0 Å². The first-order chi connectivity index (χ1) is 9.52. The number of pyridine rings is 1. The van der Waals surface area contributed by atoms with Crippen molar-refractivity contribution >= 4 is 10.0 Å². The molecule has 108 valence electrons. The van der Waals surface area contributed by atoms with E-state index in [1.54, 1.807) is 0 Å². The molecule has 0 aliphatic carbocycles. The summed E-state index contributed by atoms with van der Waals surface area (Å²) in [7, 11) is -3.75. The molecule has 1 saturated heterocycles. The lowest BCUT2D eigenvalue weighted by Crippen LogP contribution is -2.51. The van der Waals surface area contributed by atoms with Gasteiger partial charge in [0.2, 0.25) is 10.0 Å². The Kier molecular flexibility index (Phi) is 4.38. The van der Waals surface area contributed by atoms with Crippen molar-refractivity contribution in [3.8, 4) is 6.07 Å². The van der Waals surface area contributed by atoms with Crippen molar-refractivity contribution in [3.05, 3.63) is 24.0 Å². The molecule has 1 aromatic rings. The Morgan fingerprint density at radius 2 is 2.30 bits per heavy atom. The van der Waals surface area contributed by atoms with Crippen LogP contribution in [0.15, 0.2) is 23.2 Å². The van der Waals surface area contributed by atoms with Crippen LogP contribution in [-0.2, 0) is 10.0 Å². The summed E-state index contributed by atoms with van der Waals surface area (Å²) in [6, 6.07) is 4.47. The molecule has 0 radical (unpaired) electrons. The summed E-state index contributed by atoms with van der Waals surface area (Å²) in [5.41, 5.74) is 5.65. The standard InChI is InChI=1S/C13H18N4O2S/c1-10-4-2-5-11(8-14)17(10)20(18,19)13-6-3-7-16-12(13)9-15/h3,6-7,10-11H,2,4-5,8,14H2,1H3. The number of nitriles is 1. The van der Waals surface area contributed by atoms with Gasteiger partial charge >= 0.3 is 0 Å². The number of sulfonamides is 1. The van der Waals surface area contributed by atoms with Crippen molar-refractivity contribution in [2.45, 2.75) is 43.2 Å². The number of aromatic nitrogens is 1. The van der Waals surface area contributed by atoms with E-state index in [-0.39, 0.29) is 29.2 Å². The van der Waals surface area contributed by atoms with Gasteiger partial charge in [-0.15, -0.1) is 0 Å². The van der Waals surface area contributed by atoms with E-state index in [9.17, 15) is 8.42 Å². The highest BCUT2D eigenvalue weighted by molar-refractivity contribution is 7.89. The number of nitrogens with two attached hydrogens (primary N) is 1. The van der Waals surface area contributed by atoms with Crippen LogP contribution < -0.4 is 5.73 Å². The maximum absolute atomic E-state index is 12.8. The monoisotopic (exact) mass is 294 g/mol. The Morgan fingerprint density at radius 3 is 2.95 bits per heavy atom. The molecular weight excluding hydrogens is 276 g/mol. The van der Waals surface area contributed by atoms with Gasteiger partial charge in [0.05, 0.1) is 0 Å². The molecule has 1 aliphatic heterocycles. The quantitative estimate of drug-likeness (QED) is 0.890. The predicted molar refractivity (Wildman–Crippen MR) is 74.1 cm³/mol. The summed E-state index contributed by atoms with van der Waals surface area (Å²) < 4.78 is 27.1. The lowest BCUT2D eigenvalue weighted by molar-refractivity contribution is 0.196. The highest BCUT2D eigenvalue weighted by Crippen LogP contribution is 2.30. The van der Waals surface area contributed by atoms with Crippen molar-refractivity contribution < 1.29 is 8.42 Å². The maximum Gasteiger partial charge on any atom is 0.246 e. The zero-order chi connectivity index (χ0) is 14.8. The van der Waals surface area contributed by atoms with E-state index in [1.165, 1.54) is 22.6 Å². The van der Waals surface area contributed by atoms with Gasteiger partial charge in [-0.3, -0.25) is 0 Å². The van der Waals surface area contributed by atoms with Crippen LogP contribution in [0.3, 0.4) is 0 Å². The second-order valence-electron chi connectivity index (χ2n) is 4.97. The third-order valence-corrected chi connectivity index (χ3v) is 5.76. The minimum Gasteiger partial charge on any atom is -0.329 e. The van der Waals surface area contributed by atoms with E-state index in [1.807, 2.05) is 13.0 Å². The van der Waals surface area contributed by atoms with Gasteiger partial charge < -0.3 is 5.73 Å². The summed E-state index contributed by atoms with van der Waals surface area (Å²) in [5.74, 6) is 0.